The molecule has 4 heteroatoms. The lowest BCUT2D eigenvalue weighted by Crippen LogP contribution is -2.29. The number of halogens is 1. The molecule has 78 valence electrons. The lowest BCUT2D eigenvalue weighted by Gasteiger charge is -2.25. The second kappa shape index (κ2) is 3.47. The molecule has 0 saturated heterocycles. The Labute approximate surface area is 86.8 Å². The third-order valence-electron chi connectivity index (χ3n) is 2.40. The Hall–Kier alpha value is -1.68. The van der Waals surface area contributed by atoms with Crippen LogP contribution in [0.3, 0.4) is 0 Å². The maximum Gasteiger partial charge on any atom is 0.165 e. The quantitative estimate of drug-likeness (QED) is 0.812. The highest BCUT2D eigenvalue weighted by atomic mass is 19.1. The maximum absolute atomic E-state index is 12.7. The molecule has 0 aliphatic rings. The smallest absolute Gasteiger partial charge is 0.165 e. The van der Waals surface area contributed by atoms with Crippen LogP contribution in [0.5, 0.6) is 0 Å². The number of hydrogen-bond donors (Lipinski definition) is 1. The molecule has 15 heavy (non-hydrogen) atoms. The molecule has 0 aliphatic carbocycles. The molecule has 0 amide bonds. The molecule has 0 saturated carbocycles. The van der Waals surface area contributed by atoms with Gasteiger partial charge in [-0.25, -0.2) is 9.37 Å². The molecule has 0 bridgehead atoms. The van der Waals surface area contributed by atoms with Crippen molar-refractivity contribution in [2.24, 2.45) is 0 Å². The number of aliphatic hydroxyl groups is 1. The summed E-state index contributed by atoms with van der Waals surface area (Å²) in [6.07, 6.45) is 4.75. The fourth-order valence-corrected chi connectivity index (χ4v) is 1.43. The van der Waals surface area contributed by atoms with E-state index in [1.54, 1.807) is 36.0 Å². The summed E-state index contributed by atoms with van der Waals surface area (Å²) in [6, 6.07) is 5.74. The number of aromatic nitrogens is 2. The number of benzene rings is 1. The van der Waals surface area contributed by atoms with Crippen LogP contribution in [0, 0.1) is 5.82 Å². The SMILES string of the molecule is CC(O)(c1ccc(F)cc1)n1ccnc1. The Bertz CT molecular complexity index is 434. The Morgan fingerprint density at radius 2 is 2.00 bits per heavy atom. The zero-order chi connectivity index (χ0) is 10.9. The second-order valence-electron chi connectivity index (χ2n) is 3.50. The van der Waals surface area contributed by atoms with Crippen molar-refractivity contribution < 1.29 is 9.50 Å². The molecular formula is C11H11FN2O. The van der Waals surface area contributed by atoms with Crippen molar-refractivity contribution in [3.8, 4) is 0 Å². The number of nitrogens with zero attached hydrogens (tertiary/aromatic N) is 2. The topological polar surface area (TPSA) is 38.0 Å². The molecule has 1 heterocycles. The molecular weight excluding hydrogens is 195 g/mol. The van der Waals surface area contributed by atoms with Crippen LogP contribution in [0.15, 0.2) is 43.0 Å². The van der Waals surface area contributed by atoms with Gasteiger partial charge in [0.25, 0.3) is 0 Å². The third kappa shape index (κ3) is 1.76. The van der Waals surface area contributed by atoms with Crippen molar-refractivity contribution >= 4 is 0 Å². The fourth-order valence-electron chi connectivity index (χ4n) is 1.43. The van der Waals surface area contributed by atoms with Gasteiger partial charge in [0.15, 0.2) is 5.72 Å². The lowest BCUT2D eigenvalue weighted by molar-refractivity contribution is 0.0251. The molecule has 1 aromatic heterocycles. The predicted molar refractivity (Wildman–Crippen MR) is 53.6 cm³/mol. The van der Waals surface area contributed by atoms with E-state index < -0.39 is 5.72 Å². The average Bonchev–Trinajstić information content (AvgIpc) is 2.71. The van der Waals surface area contributed by atoms with Gasteiger partial charge in [-0.15, -0.1) is 0 Å². The van der Waals surface area contributed by atoms with E-state index in [0.29, 0.717) is 5.56 Å². The van der Waals surface area contributed by atoms with Crippen LogP contribution in [0.2, 0.25) is 0 Å². The zero-order valence-corrected chi connectivity index (χ0v) is 8.26. The summed E-state index contributed by atoms with van der Waals surface area (Å²) in [5.74, 6) is -0.319. The first-order chi connectivity index (χ1) is 7.10. The van der Waals surface area contributed by atoms with Crippen LogP contribution in [0.1, 0.15) is 12.5 Å². The molecule has 1 N–H and O–H groups in total. The van der Waals surface area contributed by atoms with Gasteiger partial charge in [-0.3, -0.25) is 0 Å². The summed E-state index contributed by atoms with van der Waals surface area (Å²) in [4.78, 5) is 3.86. The lowest BCUT2D eigenvalue weighted by atomic mass is 10.0. The fraction of sp³-hybridized carbons (Fsp3) is 0.182. The highest BCUT2D eigenvalue weighted by Crippen LogP contribution is 2.22. The van der Waals surface area contributed by atoms with E-state index in [2.05, 4.69) is 4.98 Å². The monoisotopic (exact) mass is 206 g/mol. The van der Waals surface area contributed by atoms with Gasteiger partial charge in [-0.2, -0.15) is 0 Å². The summed E-state index contributed by atoms with van der Waals surface area (Å²) in [7, 11) is 0. The normalized spacial score (nSPS) is 14.9. The molecule has 2 rings (SSSR count). The minimum absolute atomic E-state index is 0.319. The van der Waals surface area contributed by atoms with Gasteiger partial charge in [0, 0.05) is 18.0 Å². The van der Waals surface area contributed by atoms with Crippen LogP contribution < -0.4 is 0 Å². The first kappa shape index (κ1) is 9.86. The van der Waals surface area contributed by atoms with Crippen LogP contribution >= 0.6 is 0 Å². The third-order valence-corrected chi connectivity index (χ3v) is 2.40. The highest BCUT2D eigenvalue weighted by molar-refractivity contribution is 5.22. The Kier molecular flexibility index (Phi) is 2.28. The molecule has 0 spiro atoms. The summed E-state index contributed by atoms with van der Waals surface area (Å²) in [5.41, 5.74) is -0.591. The van der Waals surface area contributed by atoms with Crippen LogP contribution in [-0.4, -0.2) is 14.7 Å². The first-order valence-electron chi connectivity index (χ1n) is 4.57. The Morgan fingerprint density at radius 1 is 1.33 bits per heavy atom. The number of hydrogen-bond acceptors (Lipinski definition) is 2. The van der Waals surface area contributed by atoms with Crippen molar-refractivity contribution in [3.63, 3.8) is 0 Å². The van der Waals surface area contributed by atoms with E-state index in [9.17, 15) is 9.50 Å². The summed E-state index contributed by atoms with van der Waals surface area (Å²) in [6.45, 7) is 1.63. The molecule has 1 atom stereocenters. The molecule has 1 aromatic carbocycles. The largest absolute Gasteiger partial charge is 0.367 e. The Morgan fingerprint density at radius 3 is 2.53 bits per heavy atom. The van der Waals surface area contributed by atoms with Crippen molar-refractivity contribution in [1.82, 2.24) is 9.55 Å². The van der Waals surface area contributed by atoms with Crippen molar-refractivity contribution in [2.75, 3.05) is 0 Å². The van der Waals surface area contributed by atoms with Crippen LogP contribution in [0.25, 0.3) is 0 Å². The van der Waals surface area contributed by atoms with Gasteiger partial charge >= 0.3 is 0 Å². The minimum atomic E-state index is -1.20. The van der Waals surface area contributed by atoms with Gasteiger partial charge in [-0.05, 0) is 19.1 Å². The van der Waals surface area contributed by atoms with Crippen LogP contribution in [-0.2, 0) is 5.72 Å². The van der Waals surface area contributed by atoms with Gasteiger partial charge in [0.2, 0.25) is 0 Å². The standard InChI is InChI=1S/C11H11FN2O/c1-11(15,14-7-6-13-8-14)9-2-4-10(12)5-3-9/h2-8,15H,1H3. The van der Waals surface area contributed by atoms with E-state index in [-0.39, 0.29) is 5.82 Å². The van der Waals surface area contributed by atoms with Gasteiger partial charge in [-0.1, -0.05) is 12.1 Å². The predicted octanol–water partition coefficient (Wildman–Crippen LogP) is 1.74. The molecule has 1 unspecified atom stereocenters. The summed E-state index contributed by atoms with van der Waals surface area (Å²) < 4.78 is 14.3. The molecule has 0 aliphatic heterocycles. The van der Waals surface area contributed by atoms with Gasteiger partial charge < -0.3 is 9.67 Å². The van der Waals surface area contributed by atoms with E-state index >= 15 is 0 Å². The van der Waals surface area contributed by atoms with E-state index in [0.717, 1.165) is 0 Å². The molecule has 0 fully saturated rings. The van der Waals surface area contributed by atoms with E-state index in [4.69, 9.17) is 0 Å². The van der Waals surface area contributed by atoms with Crippen LogP contribution in [0.4, 0.5) is 4.39 Å². The average molecular weight is 206 g/mol. The van der Waals surface area contributed by atoms with Crippen molar-refractivity contribution in [2.45, 2.75) is 12.6 Å². The number of rotatable bonds is 2. The molecule has 3 nitrogen and oxygen atoms in total. The van der Waals surface area contributed by atoms with Crippen molar-refractivity contribution in [1.29, 1.82) is 0 Å². The van der Waals surface area contributed by atoms with E-state index in [1.807, 2.05) is 0 Å². The zero-order valence-electron chi connectivity index (χ0n) is 8.26. The van der Waals surface area contributed by atoms with E-state index in [1.165, 1.54) is 18.5 Å². The summed E-state index contributed by atoms with van der Waals surface area (Å²) in [5, 5.41) is 10.2. The summed E-state index contributed by atoms with van der Waals surface area (Å²) >= 11 is 0. The minimum Gasteiger partial charge on any atom is -0.367 e. The van der Waals surface area contributed by atoms with Crippen molar-refractivity contribution in [3.05, 3.63) is 54.4 Å². The van der Waals surface area contributed by atoms with Gasteiger partial charge in [0.05, 0.1) is 6.33 Å². The first-order valence-corrected chi connectivity index (χ1v) is 4.57. The molecule has 2 aromatic rings. The maximum atomic E-state index is 12.7. The highest BCUT2D eigenvalue weighted by Gasteiger charge is 2.24. The molecule has 0 radical (unpaired) electrons. The Balaban J connectivity index is 2.41. The second-order valence-corrected chi connectivity index (χ2v) is 3.50. The van der Waals surface area contributed by atoms with Gasteiger partial charge in [0.1, 0.15) is 5.82 Å². The number of imidazole rings is 1.